The number of hydrogen-bond acceptors (Lipinski definition) is 4. The average Bonchev–Trinajstić information content (AvgIpc) is 2.81. The zero-order chi connectivity index (χ0) is 12.3. The van der Waals surface area contributed by atoms with Gasteiger partial charge in [-0.2, -0.15) is 0 Å². The molecule has 1 aliphatic heterocycles. The molecule has 1 saturated heterocycles. The predicted octanol–water partition coefficient (Wildman–Crippen LogP) is 2.53. The number of hydrogen-bond donors (Lipinski definition) is 1. The van der Waals surface area contributed by atoms with Crippen LogP contribution in [0.3, 0.4) is 0 Å². The molecule has 1 N–H and O–H groups in total. The van der Waals surface area contributed by atoms with Gasteiger partial charge in [0.25, 0.3) is 0 Å². The molecule has 2 unspecified atom stereocenters. The molecule has 94 valence electrons. The summed E-state index contributed by atoms with van der Waals surface area (Å²) in [7, 11) is 0. The first-order valence-electron chi connectivity index (χ1n) is 6.05. The van der Waals surface area contributed by atoms with Crippen molar-refractivity contribution in [1.82, 2.24) is 9.88 Å². The van der Waals surface area contributed by atoms with E-state index in [4.69, 9.17) is 5.11 Å². The average molecular weight is 254 g/mol. The Hall–Kier alpha value is -0.940. The van der Waals surface area contributed by atoms with Gasteiger partial charge in [-0.15, -0.1) is 11.3 Å². The topological polar surface area (TPSA) is 53.4 Å². The van der Waals surface area contributed by atoms with E-state index < -0.39 is 5.97 Å². The molecule has 0 aromatic carbocycles. The smallest absolute Gasteiger partial charge is 0.304 e. The van der Waals surface area contributed by atoms with Gasteiger partial charge in [0.05, 0.1) is 12.5 Å². The highest BCUT2D eigenvalue weighted by atomic mass is 32.1. The molecule has 1 fully saturated rings. The number of thiazole rings is 1. The molecule has 5 heteroatoms. The Kier molecular flexibility index (Phi) is 4.12. The zero-order valence-corrected chi connectivity index (χ0v) is 10.8. The van der Waals surface area contributed by atoms with Gasteiger partial charge < -0.3 is 5.11 Å². The lowest BCUT2D eigenvalue weighted by Crippen LogP contribution is -2.42. The summed E-state index contributed by atoms with van der Waals surface area (Å²) in [4.78, 5) is 17.5. The Morgan fingerprint density at radius 2 is 2.53 bits per heavy atom. The lowest BCUT2D eigenvalue weighted by molar-refractivity contribution is -0.139. The van der Waals surface area contributed by atoms with Gasteiger partial charge in [0.1, 0.15) is 5.01 Å². The van der Waals surface area contributed by atoms with Crippen LogP contribution in [-0.4, -0.2) is 33.5 Å². The standard InChI is InChI=1S/C12H18N2O2S/c1-9(12-13-5-7-17-12)14-6-3-2-4-10(14)8-11(15)16/h5,7,9-10H,2-4,6,8H2,1H3,(H,15,16). The van der Waals surface area contributed by atoms with Crippen molar-refractivity contribution in [2.45, 2.75) is 44.7 Å². The van der Waals surface area contributed by atoms with E-state index in [0.29, 0.717) is 0 Å². The maximum atomic E-state index is 10.9. The molecule has 0 saturated carbocycles. The van der Waals surface area contributed by atoms with E-state index in [0.717, 1.165) is 30.8 Å². The summed E-state index contributed by atoms with van der Waals surface area (Å²) >= 11 is 1.65. The van der Waals surface area contributed by atoms with Gasteiger partial charge in [0.2, 0.25) is 0 Å². The van der Waals surface area contributed by atoms with Crippen molar-refractivity contribution in [3.8, 4) is 0 Å². The highest BCUT2D eigenvalue weighted by Crippen LogP contribution is 2.30. The molecule has 2 heterocycles. The maximum absolute atomic E-state index is 10.9. The first-order chi connectivity index (χ1) is 8.18. The quantitative estimate of drug-likeness (QED) is 0.897. The van der Waals surface area contributed by atoms with Crippen LogP contribution in [0, 0.1) is 0 Å². The van der Waals surface area contributed by atoms with Crippen LogP contribution in [0.2, 0.25) is 0 Å². The van der Waals surface area contributed by atoms with Crippen LogP contribution in [-0.2, 0) is 4.79 Å². The van der Waals surface area contributed by atoms with Gasteiger partial charge in [0, 0.05) is 17.6 Å². The summed E-state index contributed by atoms with van der Waals surface area (Å²) in [5, 5.41) is 12.0. The zero-order valence-electron chi connectivity index (χ0n) is 10.0. The van der Waals surface area contributed by atoms with Crippen LogP contribution in [0.25, 0.3) is 0 Å². The molecule has 1 aliphatic rings. The molecule has 17 heavy (non-hydrogen) atoms. The third-order valence-electron chi connectivity index (χ3n) is 3.39. The van der Waals surface area contributed by atoms with Crippen LogP contribution in [0.15, 0.2) is 11.6 Å². The van der Waals surface area contributed by atoms with Crippen molar-refractivity contribution in [2.75, 3.05) is 6.54 Å². The molecule has 0 amide bonds. The highest BCUT2D eigenvalue weighted by Gasteiger charge is 2.29. The van der Waals surface area contributed by atoms with Crippen molar-refractivity contribution in [3.63, 3.8) is 0 Å². The summed E-state index contributed by atoms with van der Waals surface area (Å²) in [5.41, 5.74) is 0. The molecule has 0 radical (unpaired) electrons. The summed E-state index contributed by atoms with van der Waals surface area (Å²) in [6, 6.07) is 0.403. The van der Waals surface area contributed by atoms with E-state index in [1.165, 1.54) is 0 Å². The normalized spacial score (nSPS) is 23.5. The number of carbonyl (C=O) groups is 1. The first kappa shape index (κ1) is 12.5. The number of rotatable bonds is 4. The number of piperidine rings is 1. The lowest BCUT2D eigenvalue weighted by atomic mass is 9.97. The second kappa shape index (κ2) is 5.60. The summed E-state index contributed by atoms with van der Waals surface area (Å²) in [6.07, 6.45) is 5.34. The molecule has 0 spiro atoms. The number of likely N-dealkylation sites (tertiary alicyclic amines) is 1. The minimum atomic E-state index is -0.701. The Balaban J connectivity index is 2.07. The molecule has 2 rings (SSSR count). The number of aliphatic carboxylic acids is 1. The van der Waals surface area contributed by atoms with Gasteiger partial charge >= 0.3 is 5.97 Å². The minimum absolute atomic E-state index is 0.167. The largest absolute Gasteiger partial charge is 0.481 e. The molecule has 1 aromatic heterocycles. The first-order valence-corrected chi connectivity index (χ1v) is 6.93. The SMILES string of the molecule is CC(c1nccs1)N1CCCCC1CC(=O)O. The third kappa shape index (κ3) is 3.04. The van der Waals surface area contributed by atoms with Crippen LogP contribution >= 0.6 is 11.3 Å². The fourth-order valence-corrected chi connectivity index (χ4v) is 3.25. The van der Waals surface area contributed by atoms with Crippen LogP contribution in [0.4, 0.5) is 0 Å². The summed E-state index contributed by atoms with van der Waals surface area (Å²) < 4.78 is 0. The summed E-state index contributed by atoms with van der Waals surface area (Å²) in [5.74, 6) is -0.701. The molecular weight excluding hydrogens is 236 g/mol. The molecular formula is C12H18N2O2S. The van der Waals surface area contributed by atoms with Crippen molar-refractivity contribution in [1.29, 1.82) is 0 Å². The Morgan fingerprint density at radius 3 is 3.18 bits per heavy atom. The van der Waals surface area contributed by atoms with Crippen LogP contribution in [0.5, 0.6) is 0 Å². The fraction of sp³-hybridized carbons (Fsp3) is 0.667. The molecule has 0 bridgehead atoms. The van der Waals surface area contributed by atoms with Crippen molar-refractivity contribution < 1.29 is 9.90 Å². The number of aromatic nitrogens is 1. The van der Waals surface area contributed by atoms with E-state index in [9.17, 15) is 4.79 Å². The molecule has 0 aliphatic carbocycles. The van der Waals surface area contributed by atoms with Gasteiger partial charge in [0.15, 0.2) is 0 Å². The number of nitrogens with zero attached hydrogens (tertiary/aromatic N) is 2. The summed E-state index contributed by atoms with van der Waals surface area (Å²) in [6.45, 7) is 3.11. The van der Waals surface area contributed by atoms with E-state index in [-0.39, 0.29) is 18.5 Å². The monoisotopic (exact) mass is 254 g/mol. The highest BCUT2D eigenvalue weighted by molar-refractivity contribution is 7.09. The van der Waals surface area contributed by atoms with Gasteiger partial charge in [-0.3, -0.25) is 9.69 Å². The lowest BCUT2D eigenvalue weighted by Gasteiger charge is -2.38. The van der Waals surface area contributed by atoms with Gasteiger partial charge in [-0.1, -0.05) is 6.42 Å². The van der Waals surface area contributed by atoms with Crippen LogP contribution in [0.1, 0.15) is 43.7 Å². The third-order valence-corrected chi connectivity index (χ3v) is 4.34. The Morgan fingerprint density at radius 1 is 1.71 bits per heavy atom. The second-order valence-corrected chi connectivity index (χ2v) is 5.46. The second-order valence-electron chi connectivity index (χ2n) is 4.53. The predicted molar refractivity (Wildman–Crippen MR) is 67.1 cm³/mol. The number of carboxylic acid groups (broad SMARTS) is 1. The van der Waals surface area contributed by atoms with Gasteiger partial charge in [-0.25, -0.2) is 4.98 Å². The Labute approximate surface area is 105 Å². The minimum Gasteiger partial charge on any atom is -0.481 e. The molecule has 2 atom stereocenters. The van der Waals surface area contributed by atoms with E-state index in [1.54, 1.807) is 11.3 Å². The van der Waals surface area contributed by atoms with Gasteiger partial charge in [-0.05, 0) is 26.3 Å². The van der Waals surface area contributed by atoms with Crippen LogP contribution < -0.4 is 0 Å². The van der Waals surface area contributed by atoms with E-state index in [1.807, 2.05) is 11.6 Å². The van der Waals surface area contributed by atoms with E-state index >= 15 is 0 Å². The fourth-order valence-electron chi connectivity index (χ4n) is 2.54. The molecule has 4 nitrogen and oxygen atoms in total. The van der Waals surface area contributed by atoms with Crippen molar-refractivity contribution in [3.05, 3.63) is 16.6 Å². The number of carboxylic acids is 1. The maximum Gasteiger partial charge on any atom is 0.304 e. The Bertz CT molecular complexity index is 367. The molecule has 1 aromatic rings. The van der Waals surface area contributed by atoms with Crippen molar-refractivity contribution >= 4 is 17.3 Å². The van der Waals surface area contributed by atoms with Crippen molar-refractivity contribution in [2.24, 2.45) is 0 Å². The van der Waals surface area contributed by atoms with E-state index in [2.05, 4.69) is 16.8 Å².